The molecule has 18 nitrogen and oxygen atoms in total. The van der Waals surface area contributed by atoms with Gasteiger partial charge >= 0.3 is 112 Å². The van der Waals surface area contributed by atoms with E-state index in [1.54, 1.807) is 0 Å². The molecule has 0 saturated carbocycles. The van der Waals surface area contributed by atoms with E-state index in [2.05, 4.69) is 32.6 Å². The maximum Gasteiger partial charge on any atom is 1.00 e. The van der Waals surface area contributed by atoms with Crippen LogP contribution in [0.1, 0.15) is 6.23 Å². The molecule has 0 amide bonds. The maximum absolute atomic E-state index is 12.5. The Bertz CT molecular complexity index is 1170. The molecule has 6 atom stereocenters. The van der Waals surface area contributed by atoms with Crippen molar-refractivity contribution in [3.63, 3.8) is 0 Å². The van der Waals surface area contributed by atoms with Gasteiger partial charge in [0, 0.05) is 0 Å². The van der Waals surface area contributed by atoms with E-state index in [1.807, 2.05) is 0 Å². The van der Waals surface area contributed by atoms with Crippen molar-refractivity contribution in [3.8, 4) is 0 Å². The summed E-state index contributed by atoms with van der Waals surface area (Å²) in [7, 11) is -15.1. The number of aromatic nitrogens is 4. The van der Waals surface area contributed by atoms with E-state index in [0.29, 0.717) is 0 Å². The SMILES string of the molecule is Nc1ncnc2c1ncn2[C@@H]1O[C@H](COP2(=O)OCOP(=O)(OP(=O)(O)O)O2)[C@@H](O)[C@H]1O.[Na+].[Na+].[Na+]. The molecule has 2 aliphatic heterocycles. The Morgan fingerprint density at radius 1 is 1.11 bits per heavy atom. The summed E-state index contributed by atoms with van der Waals surface area (Å²) in [5.41, 5.74) is 6.14. The molecule has 24 heteroatoms. The summed E-state index contributed by atoms with van der Waals surface area (Å²) in [5.74, 6) is 0.0792. The monoisotopic (exact) mass is 588 g/mol. The van der Waals surface area contributed by atoms with Gasteiger partial charge in [-0.3, -0.25) is 18.1 Å². The molecule has 0 aliphatic carbocycles. The summed E-state index contributed by atoms with van der Waals surface area (Å²) in [5, 5.41) is 20.7. The van der Waals surface area contributed by atoms with Crippen molar-refractivity contribution < 1.29 is 149 Å². The van der Waals surface area contributed by atoms with Gasteiger partial charge < -0.3 is 30.5 Å². The fourth-order valence-electron chi connectivity index (χ4n) is 2.87. The quantitative estimate of drug-likeness (QED) is 0.155. The average molecular weight is 588 g/mol. The number of aliphatic hydroxyl groups is 2. The Labute approximate surface area is 262 Å². The predicted molar refractivity (Wildman–Crippen MR) is 98.1 cm³/mol. The molecule has 2 aromatic rings. The zero-order valence-electron chi connectivity index (χ0n) is 18.5. The van der Waals surface area contributed by atoms with Gasteiger partial charge in [0.15, 0.2) is 24.5 Å². The number of imidazole rings is 1. The van der Waals surface area contributed by atoms with E-state index in [4.69, 9.17) is 24.8 Å². The molecule has 2 fully saturated rings. The molecule has 4 heterocycles. The van der Waals surface area contributed by atoms with Gasteiger partial charge in [0.1, 0.15) is 30.2 Å². The normalized spacial score (nSPS) is 32.9. The van der Waals surface area contributed by atoms with E-state index < -0.39 is 61.4 Å². The van der Waals surface area contributed by atoms with Crippen LogP contribution < -0.4 is 94.4 Å². The number of phosphoric ester groups is 1. The summed E-state index contributed by atoms with van der Waals surface area (Å²) in [6.45, 7) is -1.73. The number of hydrogen-bond donors (Lipinski definition) is 5. The maximum atomic E-state index is 12.5. The molecule has 35 heavy (non-hydrogen) atoms. The third-order valence-corrected chi connectivity index (χ3v) is 8.78. The van der Waals surface area contributed by atoms with Gasteiger partial charge in [-0.1, -0.05) is 0 Å². The third-order valence-electron chi connectivity index (χ3n) is 4.22. The summed E-state index contributed by atoms with van der Waals surface area (Å²) >= 11 is 0. The van der Waals surface area contributed by atoms with Gasteiger partial charge in [0.25, 0.3) is 0 Å². The smallest absolute Gasteiger partial charge is 0.387 e. The summed E-state index contributed by atoms with van der Waals surface area (Å²) in [6.07, 6.45) is -3.19. The Kier molecular flexibility index (Phi) is 13.2. The second-order valence-corrected chi connectivity index (χ2v) is 11.2. The van der Waals surface area contributed by atoms with Crippen molar-refractivity contribution in [3.05, 3.63) is 12.7 Å². The number of nitrogen functional groups attached to an aromatic ring is 1. The van der Waals surface area contributed by atoms with Crippen molar-refractivity contribution in [1.29, 1.82) is 0 Å². The Morgan fingerprint density at radius 3 is 2.43 bits per heavy atom. The molecular weight excluding hydrogens is 572 g/mol. The van der Waals surface area contributed by atoms with Crippen LogP contribution in [-0.2, 0) is 40.6 Å². The van der Waals surface area contributed by atoms with Crippen LogP contribution >= 0.6 is 23.5 Å². The first-order valence-corrected chi connectivity index (χ1v) is 12.9. The Morgan fingerprint density at radius 2 is 1.77 bits per heavy atom. The molecule has 178 valence electrons. The Hall–Kier alpha value is 1.64. The van der Waals surface area contributed by atoms with Gasteiger partial charge in [0.2, 0.25) is 0 Å². The zero-order valence-corrected chi connectivity index (χ0v) is 27.2. The van der Waals surface area contributed by atoms with Crippen LogP contribution in [0.4, 0.5) is 5.82 Å². The third kappa shape index (κ3) is 8.08. The minimum Gasteiger partial charge on any atom is -0.387 e. The molecular formula is C11H16N5Na3O13P3+3. The molecule has 2 aromatic heterocycles. The van der Waals surface area contributed by atoms with E-state index in [-0.39, 0.29) is 106 Å². The molecule has 6 N–H and O–H groups in total. The number of rotatable bonds is 6. The standard InChI is InChI=1S/C11H16N5O13P3.3Na/c12-9-6-10(14-2-13-9)16(3-15-6)11-8(18)7(17)5(27-11)1-24-31(22)25-4-26-32(23,29-31)28-30(19,20)21;;;/h2-3,5,7-8,11,17-18H,1,4H2,(H2,12,13,14)(H2,19,20,21);;;/q;3*+1/t5-,7-,8-,11-,31?,32?;;;/m1.../s1. The van der Waals surface area contributed by atoms with E-state index in [0.717, 1.165) is 6.33 Å². The number of aliphatic hydroxyl groups excluding tert-OH is 2. The van der Waals surface area contributed by atoms with E-state index in [1.165, 1.54) is 10.9 Å². The zero-order chi connectivity index (χ0) is 23.3. The van der Waals surface area contributed by atoms with Crippen molar-refractivity contribution in [1.82, 2.24) is 19.5 Å². The van der Waals surface area contributed by atoms with Gasteiger partial charge in [-0.05, 0) is 0 Å². The van der Waals surface area contributed by atoms with Crippen LogP contribution in [0.2, 0.25) is 0 Å². The number of nitrogens with zero attached hydrogens (tertiary/aromatic N) is 4. The second kappa shape index (κ2) is 13.3. The van der Waals surface area contributed by atoms with Crippen molar-refractivity contribution >= 4 is 40.4 Å². The van der Waals surface area contributed by atoms with Gasteiger partial charge in [-0.2, -0.15) is 8.62 Å². The fraction of sp³-hybridized carbons (Fsp3) is 0.545. The fourth-order valence-corrected chi connectivity index (χ4v) is 6.88. The van der Waals surface area contributed by atoms with Crippen LogP contribution in [0.15, 0.2) is 12.7 Å². The van der Waals surface area contributed by atoms with Crippen molar-refractivity contribution in [2.75, 3.05) is 19.1 Å². The predicted octanol–water partition coefficient (Wildman–Crippen LogP) is -9.60. The number of phosphoric acid groups is 3. The number of anilines is 1. The van der Waals surface area contributed by atoms with E-state index in [9.17, 15) is 23.9 Å². The Balaban J connectivity index is 0.00000204. The van der Waals surface area contributed by atoms with Gasteiger partial charge in [0.05, 0.1) is 12.9 Å². The van der Waals surface area contributed by atoms with Gasteiger partial charge in [-0.15, -0.1) is 0 Å². The van der Waals surface area contributed by atoms with Crippen LogP contribution in [0, 0.1) is 0 Å². The van der Waals surface area contributed by atoms with Crippen LogP contribution in [0.5, 0.6) is 0 Å². The topological polar surface area (TPSA) is 257 Å². The number of hydrogen-bond acceptors (Lipinski definition) is 15. The molecule has 2 unspecified atom stereocenters. The molecule has 0 bridgehead atoms. The molecule has 2 saturated heterocycles. The van der Waals surface area contributed by atoms with Gasteiger partial charge in [-0.25, -0.2) is 28.6 Å². The number of fused-ring (bicyclic) bond motifs is 1. The first-order chi connectivity index (χ1) is 14.9. The van der Waals surface area contributed by atoms with Crippen LogP contribution in [0.25, 0.3) is 11.2 Å². The number of nitrogens with two attached hydrogens (primary N) is 1. The second-order valence-electron chi connectivity index (χ2n) is 6.35. The van der Waals surface area contributed by atoms with E-state index >= 15 is 0 Å². The van der Waals surface area contributed by atoms with Crippen molar-refractivity contribution in [2.45, 2.75) is 24.5 Å². The van der Waals surface area contributed by atoms with Crippen molar-refractivity contribution in [2.24, 2.45) is 0 Å². The first-order valence-electron chi connectivity index (χ1n) is 8.46. The number of ether oxygens (including phenoxy) is 1. The molecule has 2 aliphatic rings. The van der Waals surface area contributed by atoms with Crippen LogP contribution in [0.3, 0.4) is 0 Å². The summed E-state index contributed by atoms with van der Waals surface area (Å²) < 4.78 is 64.5. The van der Waals surface area contributed by atoms with Crippen LogP contribution in [-0.4, -0.2) is 71.2 Å². The molecule has 0 spiro atoms. The summed E-state index contributed by atoms with van der Waals surface area (Å²) in [4.78, 5) is 29.3. The molecule has 0 radical (unpaired) electrons. The minimum atomic E-state index is -5.34. The molecule has 0 aromatic carbocycles. The minimum absolute atomic E-state index is 0. The molecule has 4 rings (SSSR count). The first kappa shape index (κ1) is 34.7. The average Bonchev–Trinajstić information content (AvgIpc) is 3.21. The summed E-state index contributed by atoms with van der Waals surface area (Å²) in [6, 6.07) is 0. The largest absolute Gasteiger partial charge is 1.00 e.